The van der Waals surface area contributed by atoms with Crippen molar-refractivity contribution in [2.24, 2.45) is 17.3 Å². The van der Waals surface area contributed by atoms with Gasteiger partial charge in [0.1, 0.15) is 0 Å². The van der Waals surface area contributed by atoms with Gasteiger partial charge in [-0.25, -0.2) is 0 Å². The fraction of sp³-hybridized carbons (Fsp3) is 0.429. The summed E-state index contributed by atoms with van der Waals surface area (Å²) in [5.74, 6) is 1.27. The Kier molecular flexibility index (Phi) is 2.45. The van der Waals surface area contributed by atoms with Crippen molar-refractivity contribution in [2.45, 2.75) is 20.3 Å². The standard InChI is InChI=1S/C14H18/c1-12-8-4-3-5-9-13-10-6-7-11-14(12,13)2/h3-8,10-13H,9H2,1-2H3/b5-3-,8-4-/t12-,13?,14?/m0/s1. The molecule has 0 N–H and O–H groups in total. The molecule has 0 saturated heterocycles. The van der Waals surface area contributed by atoms with Crippen molar-refractivity contribution in [3.05, 3.63) is 48.6 Å². The Morgan fingerprint density at radius 3 is 2.71 bits per heavy atom. The third kappa shape index (κ3) is 1.50. The molecule has 0 amide bonds. The molecule has 2 rings (SSSR count). The van der Waals surface area contributed by atoms with Crippen molar-refractivity contribution in [3.63, 3.8) is 0 Å². The highest BCUT2D eigenvalue weighted by Crippen LogP contribution is 2.43. The quantitative estimate of drug-likeness (QED) is 0.538. The first-order valence-corrected chi connectivity index (χ1v) is 5.43. The van der Waals surface area contributed by atoms with Gasteiger partial charge in [-0.15, -0.1) is 0 Å². The van der Waals surface area contributed by atoms with E-state index in [1.54, 1.807) is 0 Å². The Balaban J connectivity index is 2.36. The van der Waals surface area contributed by atoms with Crippen LogP contribution in [0.5, 0.6) is 0 Å². The molecule has 0 saturated carbocycles. The molecule has 0 heteroatoms. The van der Waals surface area contributed by atoms with Gasteiger partial charge in [0.05, 0.1) is 0 Å². The van der Waals surface area contributed by atoms with Crippen LogP contribution in [0.4, 0.5) is 0 Å². The van der Waals surface area contributed by atoms with E-state index in [-0.39, 0.29) is 0 Å². The van der Waals surface area contributed by atoms with Crippen LogP contribution in [0.1, 0.15) is 20.3 Å². The maximum absolute atomic E-state index is 2.37. The Morgan fingerprint density at radius 1 is 1.07 bits per heavy atom. The topological polar surface area (TPSA) is 0 Å². The lowest BCUT2D eigenvalue weighted by Crippen LogP contribution is -2.31. The number of fused-ring (bicyclic) bond motifs is 1. The molecule has 0 heterocycles. The smallest absolute Gasteiger partial charge is 0.00174 e. The molecule has 74 valence electrons. The molecule has 2 aliphatic rings. The van der Waals surface area contributed by atoms with Gasteiger partial charge in [0.2, 0.25) is 0 Å². The monoisotopic (exact) mass is 186 g/mol. The maximum Gasteiger partial charge on any atom is -0.00174 e. The van der Waals surface area contributed by atoms with Crippen LogP contribution in [0.3, 0.4) is 0 Å². The van der Waals surface area contributed by atoms with Gasteiger partial charge >= 0.3 is 0 Å². The molecule has 0 nitrogen and oxygen atoms in total. The number of hydrogen-bond acceptors (Lipinski definition) is 0. The fourth-order valence-corrected chi connectivity index (χ4v) is 2.36. The predicted octanol–water partition coefficient (Wildman–Crippen LogP) is 3.89. The second-order valence-corrected chi connectivity index (χ2v) is 4.55. The zero-order valence-corrected chi connectivity index (χ0v) is 8.98. The molecule has 2 unspecified atom stereocenters. The van der Waals surface area contributed by atoms with Gasteiger partial charge in [0.25, 0.3) is 0 Å². The van der Waals surface area contributed by atoms with Gasteiger partial charge in [-0.1, -0.05) is 62.5 Å². The Hall–Kier alpha value is -1.04. The van der Waals surface area contributed by atoms with Crippen molar-refractivity contribution >= 4 is 0 Å². The van der Waals surface area contributed by atoms with Crippen LogP contribution in [0.2, 0.25) is 0 Å². The maximum atomic E-state index is 2.37. The van der Waals surface area contributed by atoms with Crippen molar-refractivity contribution in [1.82, 2.24) is 0 Å². The average Bonchev–Trinajstić information content (AvgIpc) is 2.17. The average molecular weight is 186 g/mol. The van der Waals surface area contributed by atoms with E-state index >= 15 is 0 Å². The van der Waals surface area contributed by atoms with E-state index in [9.17, 15) is 0 Å². The first-order valence-electron chi connectivity index (χ1n) is 5.43. The first kappa shape index (κ1) is 9.51. The van der Waals surface area contributed by atoms with Crippen LogP contribution in [-0.2, 0) is 0 Å². The molecule has 0 bridgehead atoms. The molecular weight excluding hydrogens is 168 g/mol. The minimum absolute atomic E-state index is 0.302. The molecule has 0 aromatic heterocycles. The number of rotatable bonds is 0. The third-order valence-electron chi connectivity index (χ3n) is 3.73. The van der Waals surface area contributed by atoms with E-state index in [1.807, 2.05) is 0 Å². The second-order valence-electron chi connectivity index (χ2n) is 4.55. The molecule has 2 aliphatic carbocycles. The van der Waals surface area contributed by atoms with Gasteiger partial charge < -0.3 is 0 Å². The summed E-state index contributed by atoms with van der Waals surface area (Å²) in [6, 6.07) is 0. The summed E-state index contributed by atoms with van der Waals surface area (Å²) in [6.45, 7) is 4.68. The molecule has 0 aliphatic heterocycles. The highest BCUT2D eigenvalue weighted by Gasteiger charge is 2.34. The van der Waals surface area contributed by atoms with E-state index < -0.39 is 0 Å². The SMILES string of the molecule is C[C@H]1/C=C\C=C/CC2C=CC=CC21C. The normalized spacial score (nSPS) is 45.0. The first-order chi connectivity index (χ1) is 6.73. The number of allylic oxidation sites excluding steroid dienone is 8. The highest BCUT2D eigenvalue weighted by atomic mass is 14.4. The summed E-state index contributed by atoms with van der Waals surface area (Å²) >= 11 is 0. The molecule has 0 radical (unpaired) electrons. The molecule has 0 fully saturated rings. The van der Waals surface area contributed by atoms with Crippen LogP contribution in [0.15, 0.2) is 48.6 Å². The number of hydrogen-bond donors (Lipinski definition) is 0. The van der Waals surface area contributed by atoms with Crippen LogP contribution in [0, 0.1) is 17.3 Å². The fourth-order valence-electron chi connectivity index (χ4n) is 2.36. The van der Waals surface area contributed by atoms with Gasteiger partial charge in [0.15, 0.2) is 0 Å². The molecule has 0 aromatic carbocycles. The lowest BCUT2D eigenvalue weighted by Gasteiger charge is -2.39. The third-order valence-corrected chi connectivity index (χ3v) is 3.73. The minimum atomic E-state index is 0.302. The van der Waals surface area contributed by atoms with Gasteiger partial charge in [0, 0.05) is 0 Å². The zero-order chi connectivity index (χ0) is 10.0. The van der Waals surface area contributed by atoms with Crippen LogP contribution < -0.4 is 0 Å². The molecule has 14 heavy (non-hydrogen) atoms. The van der Waals surface area contributed by atoms with Gasteiger partial charge in [-0.3, -0.25) is 0 Å². The summed E-state index contributed by atoms with van der Waals surface area (Å²) in [5.41, 5.74) is 0.302. The largest absolute Gasteiger partial charge is 0.0839 e. The summed E-state index contributed by atoms with van der Waals surface area (Å²) in [4.78, 5) is 0. The minimum Gasteiger partial charge on any atom is -0.0839 e. The van der Waals surface area contributed by atoms with Crippen LogP contribution in [-0.4, -0.2) is 0 Å². The van der Waals surface area contributed by atoms with E-state index in [0.29, 0.717) is 17.3 Å². The Bertz CT molecular complexity index is 317. The van der Waals surface area contributed by atoms with Gasteiger partial charge in [-0.2, -0.15) is 0 Å². The van der Waals surface area contributed by atoms with Crippen molar-refractivity contribution < 1.29 is 0 Å². The summed E-state index contributed by atoms with van der Waals surface area (Å²) in [6.07, 6.45) is 19.2. The van der Waals surface area contributed by atoms with Crippen molar-refractivity contribution in [1.29, 1.82) is 0 Å². The summed E-state index contributed by atoms with van der Waals surface area (Å²) in [7, 11) is 0. The van der Waals surface area contributed by atoms with E-state index in [1.165, 1.54) is 0 Å². The van der Waals surface area contributed by atoms with Gasteiger partial charge in [-0.05, 0) is 23.7 Å². The lowest BCUT2D eigenvalue weighted by atomic mass is 9.65. The van der Waals surface area contributed by atoms with Crippen molar-refractivity contribution in [2.75, 3.05) is 0 Å². The predicted molar refractivity (Wildman–Crippen MR) is 61.9 cm³/mol. The summed E-state index contributed by atoms with van der Waals surface area (Å²) in [5, 5.41) is 0. The Morgan fingerprint density at radius 2 is 1.86 bits per heavy atom. The highest BCUT2D eigenvalue weighted by molar-refractivity contribution is 5.24. The molecule has 0 aromatic rings. The second kappa shape index (κ2) is 3.61. The van der Waals surface area contributed by atoms with Crippen molar-refractivity contribution in [3.8, 4) is 0 Å². The zero-order valence-electron chi connectivity index (χ0n) is 8.98. The van der Waals surface area contributed by atoms with E-state index in [2.05, 4.69) is 62.5 Å². The summed E-state index contributed by atoms with van der Waals surface area (Å²) < 4.78 is 0. The molecule has 3 atom stereocenters. The van der Waals surface area contributed by atoms with E-state index in [0.717, 1.165) is 6.42 Å². The van der Waals surface area contributed by atoms with Crippen LogP contribution >= 0.6 is 0 Å². The Labute approximate surface area is 86.7 Å². The molecular formula is C14H18. The lowest BCUT2D eigenvalue weighted by molar-refractivity contribution is 0.234. The molecule has 0 spiro atoms. The van der Waals surface area contributed by atoms with Crippen LogP contribution in [0.25, 0.3) is 0 Å². The van der Waals surface area contributed by atoms with E-state index in [4.69, 9.17) is 0 Å².